The molecule has 57 heavy (non-hydrogen) atoms. The summed E-state index contributed by atoms with van der Waals surface area (Å²) in [6.07, 6.45) is 40.1. The molecule has 0 heterocycles. The van der Waals surface area contributed by atoms with Crippen LogP contribution in [-0.4, -0.2) is 64.9 Å². The summed E-state index contributed by atoms with van der Waals surface area (Å²) >= 11 is 0. The number of carbonyl (C=O) groups is 3. The maximum atomic E-state index is 12.3. The lowest BCUT2D eigenvalue weighted by molar-refractivity contribution is -0.147. The van der Waals surface area contributed by atoms with Crippen LogP contribution in [0, 0.1) is 0 Å². The Kier molecular flexibility index (Phi) is 40.1. The molecule has 0 aliphatic carbocycles. The van der Waals surface area contributed by atoms with Crippen molar-refractivity contribution >= 4 is 25.7 Å². The summed E-state index contributed by atoms with van der Waals surface area (Å²) in [6, 6.07) is -1.54. The number of unbranched alkanes of at least 4 members (excludes halogenated alkanes) is 31. The van der Waals surface area contributed by atoms with E-state index in [2.05, 4.69) is 19.2 Å². The van der Waals surface area contributed by atoms with E-state index in [-0.39, 0.29) is 12.8 Å². The fraction of sp³-hybridized carbons (Fsp3) is 0.933. The number of aliphatic hydroxyl groups is 1. The SMILES string of the molecule is CCCCCCCCCCCCCCCCCCCCCCCCCCC(=O)NC(COP(=O)(O)OCC(O)COC(=O)CCCCCCCCCCC)C(=O)O. The van der Waals surface area contributed by atoms with Gasteiger partial charge < -0.3 is 25.2 Å². The van der Waals surface area contributed by atoms with Crippen LogP contribution in [0.3, 0.4) is 0 Å². The second kappa shape index (κ2) is 41.2. The Balaban J connectivity index is 3.76. The van der Waals surface area contributed by atoms with Crippen molar-refractivity contribution in [3.63, 3.8) is 0 Å². The van der Waals surface area contributed by atoms with Crippen molar-refractivity contribution in [2.45, 2.75) is 251 Å². The van der Waals surface area contributed by atoms with E-state index in [9.17, 15) is 34.1 Å². The number of esters is 1. The lowest BCUT2D eigenvalue weighted by Gasteiger charge is -2.18. The molecule has 0 saturated heterocycles. The monoisotopic (exact) mass is 834 g/mol. The molecule has 0 saturated carbocycles. The van der Waals surface area contributed by atoms with Crippen molar-refractivity contribution in [2.75, 3.05) is 19.8 Å². The van der Waals surface area contributed by atoms with Crippen LogP contribution in [0.25, 0.3) is 0 Å². The van der Waals surface area contributed by atoms with Gasteiger partial charge in [0.25, 0.3) is 0 Å². The Hall–Kier alpha value is -1.52. The second-order valence-electron chi connectivity index (χ2n) is 16.3. The highest BCUT2D eigenvalue weighted by Gasteiger charge is 2.28. The number of carboxylic acids is 1. The highest BCUT2D eigenvalue weighted by Crippen LogP contribution is 2.43. The lowest BCUT2D eigenvalue weighted by atomic mass is 10.0. The van der Waals surface area contributed by atoms with Crippen LogP contribution >= 0.6 is 7.82 Å². The first-order valence-corrected chi connectivity index (χ1v) is 25.1. The number of rotatable bonds is 45. The summed E-state index contributed by atoms with van der Waals surface area (Å²) in [5.41, 5.74) is 0. The Bertz CT molecular complexity index is 984. The molecule has 0 fully saturated rings. The minimum absolute atomic E-state index is 0.153. The van der Waals surface area contributed by atoms with E-state index in [0.717, 1.165) is 38.5 Å². The Labute approximate surface area is 348 Å². The molecule has 3 unspecified atom stereocenters. The zero-order valence-corrected chi connectivity index (χ0v) is 37.6. The van der Waals surface area contributed by atoms with Crippen LogP contribution in [0.5, 0.6) is 0 Å². The number of phosphoric ester groups is 1. The van der Waals surface area contributed by atoms with E-state index in [0.29, 0.717) is 12.8 Å². The van der Waals surface area contributed by atoms with Crippen LogP contribution in [0.1, 0.15) is 239 Å². The number of nitrogens with one attached hydrogen (secondary N) is 1. The molecular weight excluding hydrogens is 745 g/mol. The number of phosphoric acid groups is 1. The summed E-state index contributed by atoms with van der Waals surface area (Å²) in [4.78, 5) is 45.8. The number of carboxylic acid groups (broad SMARTS) is 1. The first kappa shape index (κ1) is 55.5. The molecule has 0 aliphatic heterocycles. The molecule has 4 N–H and O–H groups in total. The molecule has 0 aromatic heterocycles. The van der Waals surface area contributed by atoms with Gasteiger partial charge in [0, 0.05) is 12.8 Å². The number of amides is 1. The molecule has 3 atom stereocenters. The van der Waals surface area contributed by atoms with Crippen LogP contribution in [-0.2, 0) is 32.7 Å². The third kappa shape index (κ3) is 41.0. The normalized spacial score (nSPS) is 13.6. The van der Waals surface area contributed by atoms with Gasteiger partial charge in [-0.15, -0.1) is 0 Å². The quantitative estimate of drug-likeness (QED) is 0.0263. The van der Waals surface area contributed by atoms with E-state index < -0.39 is 57.6 Å². The second-order valence-corrected chi connectivity index (χ2v) is 17.8. The van der Waals surface area contributed by atoms with E-state index in [1.165, 1.54) is 161 Å². The van der Waals surface area contributed by atoms with Crippen LogP contribution in [0.4, 0.5) is 0 Å². The summed E-state index contributed by atoms with van der Waals surface area (Å²) < 4.78 is 26.8. The first-order valence-electron chi connectivity index (χ1n) is 23.6. The standard InChI is InChI=1S/C45H88NO10P/c1-3-5-7-9-11-13-14-15-16-17-18-19-20-21-22-23-24-25-26-27-29-30-32-34-36-43(48)46-42(45(50)51)40-56-57(52,53)55-39-41(47)38-54-44(49)37-35-33-31-28-12-10-8-6-4-2/h41-42,47H,3-40H2,1-2H3,(H,46,48)(H,50,51)(H,52,53). The number of hydrogen-bond donors (Lipinski definition) is 4. The fourth-order valence-electron chi connectivity index (χ4n) is 6.96. The molecule has 0 bridgehead atoms. The average Bonchev–Trinajstić information content (AvgIpc) is 3.18. The van der Waals surface area contributed by atoms with Crippen molar-refractivity contribution in [1.82, 2.24) is 5.32 Å². The van der Waals surface area contributed by atoms with Crippen molar-refractivity contribution in [2.24, 2.45) is 0 Å². The van der Waals surface area contributed by atoms with Crippen molar-refractivity contribution in [3.05, 3.63) is 0 Å². The van der Waals surface area contributed by atoms with Gasteiger partial charge in [-0.05, 0) is 12.8 Å². The molecular formula is C45H88NO10P. The van der Waals surface area contributed by atoms with E-state index >= 15 is 0 Å². The van der Waals surface area contributed by atoms with Gasteiger partial charge >= 0.3 is 19.8 Å². The first-order chi connectivity index (χ1) is 27.6. The van der Waals surface area contributed by atoms with E-state index in [1.54, 1.807) is 0 Å². The van der Waals surface area contributed by atoms with Crippen LogP contribution < -0.4 is 5.32 Å². The summed E-state index contributed by atoms with van der Waals surface area (Å²) in [6.45, 7) is 2.60. The third-order valence-electron chi connectivity index (χ3n) is 10.6. The van der Waals surface area contributed by atoms with Gasteiger partial charge in [-0.3, -0.25) is 18.6 Å². The Morgan fingerprint density at radius 3 is 1.16 bits per heavy atom. The van der Waals surface area contributed by atoms with Crippen LogP contribution in [0.2, 0.25) is 0 Å². The number of carbonyl (C=O) groups excluding carboxylic acids is 2. The van der Waals surface area contributed by atoms with Crippen molar-refractivity contribution in [1.29, 1.82) is 0 Å². The number of hydrogen-bond acceptors (Lipinski definition) is 8. The Morgan fingerprint density at radius 2 is 0.807 bits per heavy atom. The predicted octanol–water partition coefficient (Wildman–Crippen LogP) is 12.3. The van der Waals surface area contributed by atoms with Gasteiger partial charge in [0.1, 0.15) is 12.7 Å². The molecule has 0 spiro atoms. The highest BCUT2D eigenvalue weighted by molar-refractivity contribution is 7.47. The lowest BCUT2D eigenvalue weighted by Crippen LogP contribution is -2.43. The largest absolute Gasteiger partial charge is 0.480 e. The molecule has 0 aliphatic rings. The summed E-state index contributed by atoms with van der Waals surface area (Å²) in [5.74, 6) is -2.36. The fourth-order valence-corrected chi connectivity index (χ4v) is 7.74. The van der Waals surface area contributed by atoms with Gasteiger partial charge in [-0.2, -0.15) is 0 Å². The summed E-state index contributed by atoms with van der Waals surface area (Å²) in [7, 11) is -4.75. The van der Waals surface area contributed by atoms with Gasteiger partial charge in [-0.1, -0.05) is 213 Å². The molecule has 12 heteroatoms. The minimum atomic E-state index is -4.75. The molecule has 0 radical (unpaired) electrons. The third-order valence-corrected chi connectivity index (χ3v) is 11.6. The van der Waals surface area contributed by atoms with Gasteiger partial charge in [0.15, 0.2) is 6.04 Å². The van der Waals surface area contributed by atoms with Crippen LogP contribution in [0.15, 0.2) is 0 Å². The number of aliphatic carboxylic acids is 1. The molecule has 0 rings (SSSR count). The molecule has 0 aromatic rings. The molecule has 0 aromatic carbocycles. The smallest absolute Gasteiger partial charge is 0.472 e. The molecule has 11 nitrogen and oxygen atoms in total. The number of aliphatic hydroxyl groups excluding tert-OH is 1. The number of ether oxygens (including phenoxy) is 1. The zero-order chi connectivity index (χ0) is 42.1. The Morgan fingerprint density at radius 1 is 0.491 bits per heavy atom. The molecule has 338 valence electrons. The maximum Gasteiger partial charge on any atom is 0.472 e. The average molecular weight is 834 g/mol. The van der Waals surface area contributed by atoms with E-state index in [4.69, 9.17) is 13.8 Å². The minimum Gasteiger partial charge on any atom is -0.480 e. The van der Waals surface area contributed by atoms with Gasteiger partial charge in [0.05, 0.1) is 13.2 Å². The van der Waals surface area contributed by atoms with E-state index in [1.807, 2.05) is 0 Å². The van der Waals surface area contributed by atoms with Gasteiger partial charge in [-0.25, -0.2) is 9.36 Å². The van der Waals surface area contributed by atoms with Crippen molar-refractivity contribution in [3.8, 4) is 0 Å². The van der Waals surface area contributed by atoms with Crippen molar-refractivity contribution < 1.29 is 47.8 Å². The van der Waals surface area contributed by atoms with Gasteiger partial charge in [0.2, 0.25) is 5.91 Å². The topological polar surface area (TPSA) is 169 Å². The zero-order valence-electron chi connectivity index (χ0n) is 36.7. The summed E-state index contributed by atoms with van der Waals surface area (Å²) in [5, 5.41) is 21.8. The highest BCUT2D eigenvalue weighted by atomic mass is 31.2. The molecule has 1 amide bonds. The maximum absolute atomic E-state index is 12.3. The predicted molar refractivity (Wildman–Crippen MR) is 231 cm³/mol.